The lowest BCUT2D eigenvalue weighted by Crippen LogP contribution is -1.92. The van der Waals surface area contributed by atoms with Gasteiger partial charge < -0.3 is 4.42 Å². The summed E-state index contributed by atoms with van der Waals surface area (Å²) in [6.07, 6.45) is 0. The molecule has 0 spiro atoms. The Hall–Kier alpha value is -2.85. The van der Waals surface area contributed by atoms with Gasteiger partial charge >= 0.3 is 0 Å². The van der Waals surface area contributed by atoms with E-state index < -0.39 is 4.92 Å². The minimum Gasteiger partial charge on any atom is -0.455 e. The molecule has 4 rings (SSSR count). The van der Waals surface area contributed by atoms with Crippen LogP contribution in [0.5, 0.6) is 0 Å². The zero-order valence-corrected chi connectivity index (χ0v) is 12.6. The van der Waals surface area contributed by atoms with Gasteiger partial charge in [-0.3, -0.25) is 10.1 Å². The quantitative estimate of drug-likeness (QED) is 0.345. The number of hydrogen-bond donors (Lipinski definition) is 0. The van der Waals surface area contributed by atoms with Crippen LogP contribution < -0.4 is 0 Å². The van der Waals surface area contributed by atoms with Crippen molar-refractivity contribution in [2.45, 2.75) is 0 Å². The predicted molar refractivity (Wildman–Crippen MR) is 90.8 cm³/mol. The number of hydrogen-bond acceptors (Lipinski definition) is 3. The Bertz CT molecular complexity index is 1070. The van der Waals surface area contributed by atoms with Crippen LogP contribution in [0.1, 0.15) is 0 Å². The molecule has 0 aliphatic heterocycles. The van der Waals surface area contributed by atoms with Crippen LogP contribution in [0.15, 0.2) is 65.1 Å². The molecule has 0 aliphatic rings. The largest absolute Gasteiger partial charge is 0.455 e. The van der Waals surface area contributed by atoms with Gasteiger partial charge in [0.15, 0.2) is 0 Å². The number of fused-ring (bicyclic) bond motifs is 3. The second-order valence-corrected chi connectivity index (χ2v) is 5.64. The molecule has 5 heteroatoms. The number of nitro benzene ring substituents is 1. The average molecular weight is 324 g/mol. The molecule has 0 bridgehead atoms. The smallest absolute Gasteiger partial charge is 0.277 e. The summed E-state index contributed by atoms with van der Waals surface area (Å²) in [5.41, 5.74) is 2.49. The van der Waals surface area contributed by atoms with E-state index in [9.17, 15) is 10.1 Å². The van der Waals surface area contributed by atoms with Crippen LogP contribution in [0.3, 0.4) is 0 Å². The van der Waals surface area contributed by atoms with Crippen molar-refractivity contribution < 1.29 is 9.34 Å². The van der Waals surface area contributed by atoms with Crippen molar-refractivity contribution >= 4 is 39.2 Å². The lowest BCUT2D eigenvalue weighted by molar-refractivity contribution is -0.384. The summed E-state index contributed by atoms with van der Waals surface area (Å²) < 4.78 is 5.95. The lowest BCUT2D eigenvalue weighted by atomic mass is 10.0. The summed E-state index contributed by atoms with van der Waals surface area (Å²) >= 11 is 6.05. The number of nitrogens with zero attached hydrogens (tertiary/aromatic N) is 1. The first-order valence-electron chi connectivity index (χ1n) is 7.00. The van der Waals surface area contributed by atoms with Crippen LogP contribution in [0.4, 0.5) is 5.69 Å². The molecule has 0 amide bonds. The Labute approximate surface area is 136 Å². The molecule has 3 aromatic carbocycles. The van der Waals surface area contributed by atoms with E-state index in [0.29, 0.717) is 21.7 Å². The van der Waals surface area contributed by atoms with Crippen LogP contribution in [-0.2, 0) is 0 Å². The fourth-order valence-corrected chi connectivity index (χ4v) is 3.01. The van der Waals surface area contributed by atoms with E-state index in [-0.39, 0.29) is 5.69 Å². The van der Waals surface area contributed by atoms with Gasteiger partial charge in [-0.05, 0) is 18.2 Å². The molecule has 0 aliphatic carbocycles. The number of furan rings is 1. The van der Waals surface area contributed by atoms with Gasteiger partial charge in [-0.15, -0.1) is 0 Å². The molecule has 0 fully saturated rings. The van der Waals surface area contributed by atoms with E-state index >= 15 is 0 Å². The standard InChI is InChI=1S/C18H10ClNO3/c19-11-8-9-16(20(21)22)15(10-11)14-6-3-5-13-12-4-1-2-7-17(12)23-18(13)14/h1-10H. The summed E-state index contributed by atoms with van der Waals surface area (Å²) in [6, 6.07) is 17.8. The molecule has 0 radical (unpaired) electrons. The second-order valence-electron chi connectivity index (χ2n) is 5.20. The van der Waals surface area contributed by atoms with Crippen LogP contribution in [0.2, 0.25) is 5.02 Å². The molecule has 0 saturated carbocycles. The Morgan fingerprint density at radius 1 is 0.913 bits per heavy atom. The number of para-hydroxylation sites is 2. The van der Waals surface area contributed by atoms with E-state index in [1.54, 1.807) is 6.07 Å². The molecule has 4 nitrogen and oxygen atoms in total. The van der Waals surface area contributed by atoms with Crippen molar-refractivity contribution in [3.05, 3.63) is 75.8 Å². The molecule has 0 N–H and O–H groups in total. The highest BCUT2D eigenvalue weighted by molar-refractivity contribution is 6.31. The third-order valence-electron chi connectivity index (χ3n) is 3.85. The number of rotatable bonds is 2. The summed E-state index contributed by atoms with van der Waals surface area (Å²) in [7, 11) is 0. The monoisotopic (exact) mass is 323 g/mol. The second kappa shape index (κ2) is 5.11. The van der Waals surface area contributed by atoms with E-state index in [2.05, 4.69) is 0 Å². The van der Waals surface area contributed by atoms with Gasteiger partial charge in [0.25, 0.3) is 5.69 Å². The van der Waals surface area contributed by atoms with Crippen molar-refractivity contribution in [1.82, 2.24) is 0 Å². The highest BCUT2D eigenvalue weighted by Gasteiger charge is 2.20. The van der Waals surface area contributed by atoms with Gasteiger partial charge in [0.2, 0.25) is 0 Å². The Morgan fingerprint density at radius 3 is 2.52 bits per heavy atom. The van der Waals surface area contributed by atoms with Crippen molar-refractivity contribution in [3.63, 3.8) is 0 Å². The predicted octanol–water partition coefficient (Wildman–Crippen LogP) is 5.81. The van der Waals surface area contributed by atoms with Crippen molar-refractivity contribution in [2.75, 3.05) is 0 Å². The maximum Gasteiger partial charge on any atom is 0.277 e. The molecule has 0 saturated heterocycles. The molecule has 0 unspecified atom stereocenters. The van der Waals surface area contributed by atoms with E-state index in [1.165, 1.54) is 12.1 Å². The zero-order chi connectivity index (χ0) is 16.0. The first kappa shape index (κ1) is 13.8. The summed E-state index contributed by atoms with van der Waals surface area (Å²) in [4.78, 5) is 10.9. The average Bonchev–Trinajstić information content (AvgIpc) is 2.93. The molecule has 1 heterocycles. The first-order valence-corrected chi connectivity index (χ1v) is 7.37. The minimum absolute atomic E-state index is 0.00218. The first-order chi connectivity index (χ1) is 11.1. The normalized spacial score (nSPS) is 11.2. The molecular formula is C18H10ClNO3. The fourth-order valence-electron chi connectivity index (χ4n) is 2.84. The SMILES string of the molecule is O=[N+]([O-])c1ccc(Cl)cc1-c1cccc2c1oc1ccccc12. The van der Waals surface area contributed by atoms with Crippen molar-refractivity contribution in [2.24, 2.45) is 0 Å². The van der Waals surface area contributed by atoms with Gasteiger partial charge in [0, 0.05) is 27.4 Å². The van der Waals surface area contributed by atoms with E-state index in [4.69, 9.17) is 16.0 Å². The number of halogens is 1. The van der Waals surface area contributed by atoms with Gasteiger partial charge in [-0.25, -0.2) is 0 Å². The topological polar surface area (TPSA) is 56.3 Å². The highest BCUT2D eigenvalue weighted by atomic mass is 35.5. The lowest BCUT2D eigenvalue weighted by Gasteiger charge is -2.04. The molecule has 1 aromatic heterocycles. The summed E-state index contributed by atoms with van der Waals surface area (Å²) in [6.45, 7) is 0. The molecule has 4 aromatic rings. The zero-order valence-electron chi connectivity index (χ0n) is 11.8. The molecule has 112 valence electrons. The van der Waals surface area contributed by atoms with Gasteiger partial charge in [-0.2, -0.15) is 0 Å². The molecular weight excluding hydrogens is 314 g/mol. The highest BCUT2D eigenvalue weighted by Crippen LogP contribution is 2.39. The van der Waals surface area contributed by atoms with Gasteiger partial charge in [-0.1, -0.05) is 48.0 Å². The fraction of sp³-hybridized carbons (Fsp3) is 0. The van der Waals surface area contributed by atoms with E-state index in [1.807, 2.05) is 42.5 Å². The number of benzene rings is 3. The third kappa shape index (κ3) is 2.15. The van der Waals surface area contributed by atoms with Gasteiger partial charge in [0.1, 0.15) is 11.2 Å². The van der Waals surface area contributed by atoms with Crippen LogP contribution >= 0.6 is 11.6 Å². The van der Waals surface area contributed by atoms with Crippen LogP contribution in [0.25, 0.3) is 33.1 Å². The summed E-state index contributed by atoms with van der Waals surface area (Å²) in [5.74, 6) is 0. The third-order valence-corrected chi connectivity index (χ3v) is 4.08. The Kier molecular flexibility index (Phi) is 3.06. The molecule has 0 atom stereocenters. The summed E-state index contributed by atoms with van der Waals surface area (Å²) in [5, 5.41) is 13.7. The van der Waals surface area contributed by atoms with Crippen LogP contribution in [0, 0.1) is 10.1 Å². The van der Waals surface area contributed by atoms with Crippen molar-refractivity contribution in [1.29, 1.82) is 0 Å². The minimum atomic E-state index is -0.410. The van der Waals surface area contributed by atoms with E-state index in [0.717, 1.165) is 16.4 Å². The van der Waals surface area contributed by atoms with Gasteiger partial charge in [0.05, 0.1) is 10.5 Å². The maximum atomic E-state index is 11.3. The Balaban J connectivity index is 2.11. The Morgan fingerprint density at radius 2 is 1.70 bits per heavy atom. The number of nitro groups is 1. The maximum absolute atomic E-state index is 11.3. The molecule has 23 heavy (non-hydrogen) atoms. The van der Waals surface area contributed by atoms with Crippen molar-refractivity contribution in [3.8, 4) is 11.1 Å². The van der Waals surface area contributed by atoms with Crippen LogP contribution in [-0.4, -0.2) is 4.92 Å².